The standard InChI is InChI=1S/C8H9ClO2/c1-5-3-6(11-2)4-7(9)8(5)10/h3-4,10H,1-2H3. The molecule has 0 unspecified atom stereocenters. The monoisotopic (exact) mass is 172 g/mol. The van der Waals surface area contributed by atoms with E-state index in [4.69, 9.17) is 16.3 Å². The molecule has 0 aliphatic rings. The molecule has 0 fully saturated rings. The van der Waals surface area contributed by atoms with Crippen LogP contribution in [0.5, 0.6) is 11.5 Å². The molecule has 0 spiro atoms. The van der Waals surface area contributed by atoms with Crippen molar-refractivity contribution in [3.8, 4) is 11.5 Å². The maximum absolute atomic E-state index is 9.24. The smallest absolute Gasteiger partial charge is 0.137 e. The summed E-state index contributed by atoms with van der Waals surface area (Å²) < 4.78 is 4.94. The number of rotatable bonds is 1. The molecule has 0 amide bonds. The summed E-state index contributed by atoms with van der Waals surface area (Å²) in [6.45, 7) is 1.77. The first-order valence-corrected chi connectivity index (χ1v) is 3.56. The Balaban J connectivity index is 3.21. The van der Waals surface area contributed by atoms with Gasteiger partial charge in [-0.25, -0.2) is 0 Å². The van der Waals surface area contributed by atoms with E-state index < -0.39 is 0 Å². The number of hydrogen-bond acceptors (Lipinski definition) is 2. The summed E-state index contributed by atoms with van der Waals surface area (Å²) in [6, 6.07) is 3.30. The number of methoxy groups -OCH3 is 1. The molecule has 0 saturated heterocycles. The Kier molecular flexibility index (Phi) is 2.25. The van der Waals surface area contributed by atoms with Gasteiger partial charge in [0.2, 0.25) is 0 Å². The van der Waals surface area contributed by atoms with Gasteiger partial charge < -0.3 is 9.84 Å². The molecule has 2 nitrogen and oxygen atoms in total. The van der Waals surface area contributed by atoms with Crippen LogP contribution in [0.25, 0.3) is 0 Å². The topological polar surface area (TPSA) is 29.5 Å². The molecule has 0 bridgehead atoms. The molecule has 0 aromatic heterocycles. The molecule has 0 aliphatic carbocycles. The van der Waals surface area contributed by atoms with Gasteiger partial charge in [-0.2, -0.15) is 0 Å². The number of halogens is 1. The highest BCUT2D eigenvalue weighted by atomic mass is 35.5. The molecule has 1 N–H and O–H groups in total. The van der Waals surface area contributed by atoms with E-state index in [-0.39, 0.29) is 5.75 Å². The summed E-state index contributed by atoms with van der Waals surface area (Å²) in [4.78, 5) is 0. The summed E-state index contributed by atoms with van der Waals surface area (Å²) >= 11 is 5.67. The summed E-state index contributed by atoms with van der Waals surface area (Å²) in [5, 5.41) is 9.56. The van der Waals surface area contributed by atoms with Gasteiger partial charge in [-0.1, -0.05) is 11.6 Å². The van der Waals surface area contributed by atoms with E-state index in [1.54, 1.807) is 26.2 Å². The maximum Gasteiger partial charge on any atom is 0.137 e. The van der Waals surface area contributed by atoms with Crippen LogP contribution in [0.2, 0.25) is 5.02 Å². The molecule has 0 radical (unpaired) electrons. The van der Waals surface area contributed by atoms with Gasteiger partial charge >= 0.3 is 0 Å². The quantitative estimate of drug-likeness (QED) is 0.705. The minimum atomic E-state index is 0.118. The highest BCUT2D eigenvalue weighted by Crippen LogP contribution is 2.31. The zero-order chi connectivity index (χ0) is 8.43. The molecular formula is C8H9ClO2. The lowest BCUT2D eigenvalue weighted by Gasteiger charge is -2.04. The summed E-state index contributed by atoms with van der Waals surface area (Å²) in [5.41, 5.74) is 0.717. The minimum absolute atomic E-state index is 0.118. The van der Waals surface area contributed by atoms with E-state index in [0.29, 0.717) is 16.3 Å². The Labute approximate surface area is 70.4 Å². The van der Waals surface area contributed by atoms with Crippen molar-refractivity contribution in [3.63, 3.8) is 0 Å². The van der Waals surface area contributed by atoms with Crippen LogP contribution in [-0.4, -0.2) is 12.2 Å². The zero-order valence-corrected chi connectivity index (χ0v) is 7.14. The van der Waals surface area contributed by atoms with E-state index in [0.717, 1.165) is 0 Å². The van der Waals surface area contributed by atoms with Crippen LogP contribution in [0.15, 0.2) is 12.1 Å². The Bertz CT molecular complexity index is 248. The fraction of sp³-hybridized carbons (Fsp3) is 0.250. The van der Waals surface area contributed by atoms with Crippen molar-refractivity contribution in [2.75, 3.05) is 7.11 Å². The van der Waals surface area contributed by atoms with Crippen molar-refractivity contribution in [2.45, 2.75) is 6.92 Å². The molecular weight excluding hydrogens is 164 g/mol. The SMILES string of the molecule is COc1cc(C)c(O)c(Cl)c1. The highest BCUT2D eigenvalue weighted by Gasteiger charge is 2.03. The molecule has 1 aromatic carbocycles. The first-order chi connectivity index (χ1) is 5.15. The number of ether oxygens (including phenoxy) is 1. The van der Waals surface area contributed by atoms with Crippen molar-refractivity contribution in [2.24, 2.45) is 0 Å². The third-order valence-corrected chi connectivity index (χ3v) is 1.75. The molecule has 0 saturated carbocycles. The van der Waals surface area contributed by atoms with Crippen LogP contribution >= 0.6 is 11.6 Å². The first-order valence-electron chi connectivity index (χ1n) is 3.18. The predicted octanol–water partition coefficient (Wildman–Crippen LogP) is 2.36. The molecule has 1 aromatic rings. The average molecular weight is 173 g/mol. The number of aryl methyl sites for hydroxylation is 1. The second kappa shape index (κ2) is 3.01. The fourth-order valence-corrected chi connectivity index (χ4v) is 1.08. The predicted molar refractivity (Wildman–Crippen MR) is 44.4 cm³/mol. The van der Waals surface area contributed by atoms with Crippen LogP contribution in [0.4, 0.5) is 0 Å². The normalized spacial score (nSPS) is 9.73. The average Bonchev–Trinajstić information content (AvgIpc) is 1.99. The minimum Gasteiger partial charge on any atom is -0.506 e. The summed E-state index contributed by atoms with van der Waals surface area (Å²) in [5.74, 6) is 0.776. The Morgan fingerprint density at radius 2 is 2.09 bits per heavy atom. The van der Waals surface area contributed by atoms with E-state index in [1.165, 1.54) is 0 Å². The maximum atomic E-state index is 9.24. The number of aromatic hydroxyl groups is 1. The van der Waals surface area contributed by atoms with Crippen molar-refractivity contribution >= 4 is 11.6 Å². The van der Waals surface area contributed by atoms with Gasteiger partial charge in [0.1, 0.15) is 11.5 Å². The van der Waals surface area contributed by atoms with Gasteiger partial charge in [-0.05, 0) is 18.6 Å². The van der Waals surface area contributed by atoms with Gasteiger partial charge in [-0.3, -0.25) is 0 Å². The second-order valence-electron chi connectivity index (χ2n) is 2.27. The number of hydrogen-bond donors (Lipinski definition) is 1. The zero-order valence-electron chi connectivity index (χ0n) is 6.39. The fourth-order valence-electron chi connectivity index (χ4n) is 0.823. The van der Waals surface area contributed by atoms with Gasteiger partial charge in [-0.15, -0.1) is 0 Å². The Morgan fingerprint density at radius 1 is 1.45 bits per heavy atom. The summed E-state index contributed by atoms with van der Waals surface area (Å²) in [7, 11) is 1.56. The van der Waals surface area contributed by atoms with Gasteiger partial charge in [0, 0.05) is 6.07 Å². The van der Waals surface area contributed by atoms with E-state index in [2.05, 4.69) is 0 Å². The molecule has 0 heterocycles. The Hall–Kier alpha value is -0.890. The van der Waals surface area contributed by atoms with Crippen LogP contribution in [0, 0.1) is 6.92 Å². The van der Waals surface area contributed by atoms with Gasteiger partial charge in [0.25, 0.3) is 0 Å². The lowest BCUT2D eigenvalue weighted by atomic mass is 10.2. The number of phenolic OH excluding ortho intramolecular Hbond substituents is 1. The van der Waals surface area contributed by atoms with Crippen LogP contribution in [0.1, 0.15) is 5.56 Å². The molecule has 60 valence electrons. The number of phenols is 1. The molecule has 0 aliphatic heterocycles. The molecule has 11 heavy (non-hydrogen) atoms. The van der Waals surface area contributed by atoms with Crippen molar-refractivity contribution in [3.05, 3.63) is 22.7 Å². The number of benzene rings is 1. The lowest BCUT2D eigenvalue weighted by molar-refractivity contribution is 0.411. The first kappa shape index (κ1) is 8.21. The van der Waals surface area contributed by atoms with Crippen LogP contribution in [-0.2, 0) is 0 Å². The molecule has 0 atom stereocenters. The second-order valence-corrected chi connectivity index (χ2v) is 2.68. The van der Waals surface area contributed by atoms with Crippen LogP contribution in [0.3, 0.4) is 0 Å². The molecule has 1 rings (SSSR count). The van der Waals surface area contributed by atoms with E-state index in [9.17, 15) is 5.11 Å². The lowest BCUT2D eigenvalue weighted by Crippen LogP contribution is -1.84. The van der Waals surface area contributed by atoms with E-state index in [1.807, 2.05) is 0 Å². The third kappa shape index (κ3) is 1.57. The summed E-state index contributed by atoms with van der Waals surface area (Å²) in [6.07, 6.45) is 0. The third-order valence-electron chi connectivity index (χ3n) is 1.46. The molecule has 3 heteroatoms. The van der Waals surface area contributed by atoms with Crippen molar-refractivity contribution in [1.29, 1.82) is 0 Å². The van der Waals surface area contributed by atoms with Crippen LogP contribution < -0.4 is 4.74 Å². The van der Waals surface area contributed by atoms with Crippen molar-refractivity contribution < 1.29 is 9.84 Å². The highest BCUT2D eigenvalue weighted by molar-refractivity contribution is 6.32. The van der Waals surface area contributed by atoms with Gasteiger partial charge in [0.05, 0.1) is 12.1 Å². The van der Waals surface area contributed by atoms with Crippen molar-refractivity contribution in [1.82, 2.24) is 0 Å². The largest absolute Gasteiger partial charge is 0.506 e. The Morgan fingerprint density at radius 3 is 2.55 bits per heavy atom. The van der Waals surface area contributed by atoms with Gasteiger partial charge in [0.15, 0.2) is 0 Å². The van der Waals surface area contributed by atoms with E-state index >= 15 is 0 Å².